The summed E-state index contributed by atoms with van der Waals surface area (Å²) in [6.07, 6.45) is 1.56. The zero-order chi connectivity index (χ0) is 25.5. The molecule has 2 aromatic rings. The molecule has 0 spiro atoms. The summed E-state index contributed by atoms with van der Waals surface area (Å²) in [5.74, 6) is 1.34. The van der Waals surface area contributed by atoms with Gasteiger partial charge >= 0.3 is 0 Å². The van der Waals surface area contributed by atoms with Crippen molar-refractivity contribution in [3.05, 3.63) is 42.0 Å². The minimum absolute atomic E-state index is 0.111. The molecule has 0 bridgehead atoms. The Morgan fingerprint density at radius 1 is 1.06 bits per heavy atom. The first-order valence-corrected chi connectivity index (χ1v) is 14.0. The number of methoxy groups -OCH3 is 1. The van der Waals surface area contributed by atoms with E-state index in [4.69, 9.17) is 19.0 Å². The largest absolute Gasteiger partial charge is 0.497 e. The highest BCUT2D eigenvalue weighted by molar-refractivity contribution is 7.44. The molecule has 6 nitrogen and oxygen atoms in total. The molecular weight excluding hydrogens is 457 g/mol. The molecule has 1 heterocycles. The first-order chi connectivity index (χ1) is 16.8. The Kier molecular flexibility index (Phi) is 10.3. The second-order valence-corrected chi connectivity index (χ2v) is 11.4. The number of benzene rings is 2. The third-order valence-electron chi connectivity index (χ3n) is 6.92. The van der Waals surface area contributed by atoms with Crippen LogP contribution in [-0.2, 0) is 9.05 Å². The predicted octanol–water partition coefficient (Wildman–Crippen LogP) is 6.91. The highest BCUT2D eigenvalue weighted by Gasteiger charge is 2.39. The van der Waals surface area contributed by atoms with Gasteiger partial charge in [0.1, 0.15) is 5.75 Å². The van der Waals surface area contributed by atoms with Gasteiger partial charge in [0.15, 0.2) is 0 Å². The number of nitrogens with zero attached hydrogens (tertiary/aromatic N) is 3. The molecule has 0 saturated carbocycles. The molecular formula is C28H42N3O3P. The molecule has 1 fully saturated rings. The second-order valence-electron chi connectivity index (χ2n) is 9.96. The lowest BCUT2D eigenvalue weighted by atomic mass is 10.0. The summed E-state index contributed by atoms with van der Waals surface area (Å²) in [5, 5.41) is 11.4. The van der Waals surface area contributed by atoms with E-state index in [9.17, 15) is 0 Å². The number of fused-ring (bicyclic) bond motifs is 1. The van der Waals surface area contributed by atoms with Gasteiger partial charge < -0.3 is 13.8 Å². The summed E-state index contributed by atoms with van der Waals surface area (Å²) >= 11 is 0. The minimum atomic E-state index is -1.24. The van der Waals surface area contributed by atoms with Crippen LogP contribution >= 0.6 is 8.53 Å². The van der Waals surface area contributed by atoms with Crippen molar-refractivity contribution >= 4 is 19.3 Å². The van der Waals surface area contributed by atoms with Crippen molar-refractivity contribution in [3.63, 3.8) is 0 Å². The van der Waals surface area contributed by atoms with Gasteiger partial charge in [-0.2, -0.15) is 5.26 Å². The smallest absolute Gasteiger partial charge is 0.259 e. The van der Waals surface area contributed by atoms with Crippen LogP contribution in [0.1, 0.15) is 66.0 Å². The van der Waals surface area contributed by atoms with E-state index < -0.39 is 8.53 Å². The third-order valence-corrected chi connectivity index (χ3v) is 9.08. The number of hydrogen-bond donors (Lipinski definition) is 0. The molecule has 4 unspecified atom stereocenters. The highest BCUT2D eigenvalue weighted by atomic mass is 31.2. The average molecular weight is 500 g/mol. The van der Waals surface area contributed by atoms with Crippen LogP contribution < -0.4 is 4.74 Å². The van der Waals surface area contributed by atoms with Gasteiger partial charge in [0.05, 0.1) is 32.3 Å². The Morgan fingerprint density at radius 3 is 2.37 bits per heavy atom. The van der Waals surface area contributed by atoms with E-state index in [0.29, 0.717) is 37.1 Å². The molecule has 0 radical (unpaired) electrons. The molecule has 0 N–H and O–H groups in total. The molecule has 1 aliphatic heterocycles. The zero-order valence-electron chi connectivity index (χ0n) is 22.4. The predicted molar refractivity (Wildman–Crippen MR) is 144 cm³/mol. The van der Waals surface area contributed by atoms with E-state index in [1.165, 1.54) is 16.3 Å². The van der Waals surface area contributed by atoms with E-state index in [-0.39, 0.29) is 6.10 Å². The van der Waals surface area contributed by atoms with Gasteiger partial charge in [-0.05, 0) is 81.5 Å². The van der Waals surface area contributed by atoms with E-state index in [0.717, 1.165) is 25.3 Å². The molecule has 0 aromatic heterocycles. The van der Waals surface area contributed by atoms with Crippen molar-refractivity contribution in [2.24, 2.45) is 5.92 Å². The van der Waals surface area contributed by atoms with Crippen molar-refractivity contribution in [1.82, 2.24) is 9.57 Å². The van der Waals surface area contributed by atoms with Crippen LogP contribution in [0.4, 0.5) is 0 Å². The van der Waals surface area contributed by atoms with Crippen LogP contribution in [0.15, 0.2) is 36.4 Å². The summed E-state index contributed by atoms with van der Waals surface area (Å²) in [6, 6.07) is 16.0. The summed E-state index contributed by atoms with van der Waals surface area (Å²) in [5.41, 5.74) is 1.32. The van der Waals surface area contributed by atoms with Crippen molar-refractivity contribution in [3.8, 4) is 11.8 Å². The highest BCUT2D eigenvalue weighted by Crippen LogP contribution is 2.49. The van der Waals surface area contributed by atoms with Crippen LogP contribution in [0.5, 0.6) is 5.75 Å². The van der Waals surface area contributed by atoms with Gasteiger partial charge in [0.25, 0.3) is 8.53 Å². The summed E-state index contributed by atoms with van der Waals surface area (Å²) < 4.78 is 20.6. The van der Waals surface area contributed by atoms with Crippen LogP contribution in [0.25, 0.3) is 10.8 Å². The normalized spacial score (nSPS) is 20.6. The second kappa shape index (κ2) is 13.0. The maximum Gasteiger partial charge on any atom is 0.259 e. The van der Waals surface area contributed by atoms with Crippen molar-refractivity contribution in [1.29, 1.82) is 5.26 Å². The molecule has 2 aromatic carbocycles. The zero-order valence-corrected chi connectivity index (χ0v) is 23.3. The number of ether oxygens (including phenoxy) is 1. The molecule has 7 heteroatoms. The lowest BCUT2D eigenvalue weighted by Gasteiger charge is -2.37. The molecule has 4 atom stereocenters. The monoisotopic (exact) mass is 499 g/mol. The van der Waals surface area contributed by atoms with Crippen LogP contribution in [0.2, 0.25) is 0 Å². The molecule has 35 heavy (non-hydrogen) atoms. The molecule has 1 aliphatic rings. The maximum absolute atomic E-state index is 9.01. The molecule has 1 saturated heterocycles. The van der Waals surface area contributed by atoms with E-state index >= 15 is 0 Å². The van der Waals surface area contributed by atoms with Crippen LogP contribution in [0, 0.1) is 17.2 Å². The van der Waals surface area contributed by atoms with Gasteiger partial charge in [-0.1, -0.05) is 25.1 Å². The van der Waals surface area contributed by atoms with E-state index in [2.05, 4.69) is 87.5 Å². The van der Waals surface area contributed by atoms with Gasteiger partial charge in [-0.15, -0.1) is 0 Å². The number of likely N-dealkylation sites (tertiary alicyclic amines) is 1. The Bertz CT molecular complexity index is 985. The molecule has 0 aliphatic carbocycles. The Hall–Kier alpha value is -1.74. The van der Waals surface area contributed by atoms with Crippen LogP contribution in [0.3, 0.4) is 0 Å². The quantitative estimate of drug-likeness (QED) is 0.234. The van der Waals surface area contributed by atoms with Gasteiger partial charge in [0, 0.05) is 31.2 Å². The average Bonchev–Trinajstić information content (AvgIpc) is 3.25. The fourth-order valence-corrected chi connectivity index (χ4v) is 6.73. The maximum atomic E-state index is 9.01. The topological polar surface area (TPSA) is 58.0 Å². The van der Waals surface area contributed by atoms with Gasteiger partial charge in [-0.25, -0.2) is 4.67 Å². The fraction of sp³-hybridized carbons (Fsp3) is 0.607. The lowest BCUT2D eigenvalue weighted by Crippen LogP contribution is -2.36. The van der Waals surface area contributed by atoms with Crippen molar-refractivity contribution in [2.75, 3.05) is 26.8 Å². The van der Waals surface area contributed by atoms with Gasteiger partial charge in [-0.3, -0.25) is 4.90 Å². The first kappa shape index (κ1) is 27.8. The van der Waals surface area contributed by atoms with Crippen LogP contribution in [-0.4, -0.2) is 54.6 Å². The number of rotatable bonds is 12. The molecule has 192 valence electrons. The molecule has 3 rings (SSSR count). The Balaban J connectivity index is 1.76. The minimum Gasteiger partial charge on any atom is -0.497 e. The summed E-state index contributed by atoms with van der Waals surface area (Å²) in [7, 11) is 0.469. The third kappa shape index (κ3) is 6.94. The van der Waals surface area contributed by atoms with Gasteiger partial charge in [0.2, 0.25) is 0 Å². The van der Waals surface area contributed by atoms with Crippen molar-refractivity contribution in [2.45, 2.75) is 78.6 Å². The standard InChI is InChI=1S/C28H42N3O3P/c1-8-23-18-30(22(6)24-10-11-26-17-27(32-7)13-12-25(26)16-24)19-28(23)34-35(33-15-9-14-29)31(20(2)3)21(4)5/h10-13,16-17,20-23,28H,8-9,15,18-19H2,1-7H3. The van der Waals surface area contributed by atoms with E-state index in [1.54, 1.807) is 7.11 Å². The van der Waals surface area contributed by atoms with Crippen molar-refractivity contribution < 1.29 is 13.8 Å². The lowest BCUT2D eigenvalue weighted by molar-refractivity contribution is 0.111. The molecule has 0 amide bonds. The Labute approximate surface area is 213 Å². The fourth-order valence-electron chi connectivity index (χ4n) is 4.95. The number of nitriles is 1. The summed E-state index contributed by atoms with van der Waals surface area (Å²) in [4.78, 5) is 2.54. The Morgan fingerprint density at radius 2 is 1.74 bits per heavy atom. The van der Waals surface area contributed by atoms with E-state index in [1.807, 2.05) is 6.07 Å². The SMILES string of the molecule is CCC1CN(C(C)c2ccc3cc(OC)ccc3c2)CC1OP(OCCC#N)N(C(C)C)C(C)C. The summed E-state index contributed by atoms with van der Waals surface area (Å²) in [6.45, 7) is 15.6. The first-order valence-electron chi connectivity index (χ1n) is 12.9. The number of hydrogen-bond acceptors (Lipinski definition) is 6.